The fourth-order valence-corrected chi connectivity index (χ4v) is 3.13. The van der Waals surface area contributed by atoms with E-state index in [9.17, 15) is 9.59 Å². The molecule has 168 valence electrons. The Morgan fingerprint density at radius 3 is 2.15 bits per heavy atom. The summed E-state index contributed by atoms with van der Waals surface area (Å²) in [6, 6.07) is 33.1. The Bertz CT molecular complexity index is 1270. The van der Waals surface area contributed by atoms with Crippen LogP contribution in [0.15, 0.2) is 114 Å². The van der Waals surface area contributed by atoms with Gasteiger partial charge in [-0.3, -0.25) is 4.79 Å². The number of benzene rings is 4. The molecule has 34 heavy (non-hydrogen) atoms. The molecule has 0 aromatic heterocycles. The average Bonchev–Trinajstić information content (AvgIpc) is 2.89. The summed E-state index contributed by atoms with van der Waals surface area (Å²) in [4.78, 5) is 24.2. The quantitative estimate of drug-likeness (QED) is 0.175. The second-order valence-electron chi connectivity index (χ2n) is 7.30. The zero-order chi connectivity index (χ0) is 23.6. The SMILES string of the molecule is O=C(COc1ccc(-c2ccccc2)cc1)NN=Cc1cccc(OC(=O)c2ccccc2)c1. The lowest BCUT2D eigenvalue weighted by Crippen LogP contribution is -2.24. The van der Waals surface area contributed by atoms with Gasteiger partial charge in [0.2, 0.25) is 0 Å². The molecular formula is C28H22N2O4. The first-order valence-electron chi connectivity index (χ1n) is 10.6. The summed E-state index contributed by atoms with van der Waals surface area (Å²) in [7, 11) is 0. The number of nitrogens with one attached hydrogen (secondary N) is 1. The second kappa shape index (κ2) is 11.2. The Labute approximate surface area is 197 Å². The number of carbonyl (C=O) groups excluding carboxylic acids is 2. The summed E-state index contributed by atoms with van der Waals surface area (Å²) >= 11 is 0. The smallest absolute Gasteiger partial charge is 0.343 e. The summed E-state index contributed by atoms with van der Waals surface area (Å²) in [6.45, 7) is -0.170. The summed E-state index contributed by atoms with van der Waals surface area (Å²) in [6.07, 6.45) is 1.46. The first-order chi connectivity index (χ1) is 16.7. The molecule has 6 heteroatoms. The van der Waals surface area contributed by atoms with Gasteiger partial charge in [0, 0.05) is 0 Å². The van der Waals surface area contributed by atoms with Gasteiger partial charge in [-0.25, -0.2) is 10.2 Å². The average molecular weight is 450 g/mol. The van der Waals surface area contributed by atoms with E-state index >= 15 is 0 Å². The van der Waals surface area contributed by atoms with Crippen LogP contribution in [-0.4, -0.2) is 24.7 Å². The first kappa shape index (κ1) is 22.5. The summed E-state index contributed by atoms with van der Waals surface area (Å²) < 4.78 is 10.9. The summed E-state index contributed by atoms with van der Waals surface area (Å²) in [5.74, 6) is 0.130. The largest absolute Gasteiger partial charge is 0.484 e. The Morgan fingerprint density at radius 1 is 0.735 bits per heavy atom. The van der Waals surface area contributed by atoms with Crippen molar-refractivity contribution < 1.29 is 19.1 Å². The molecule has 0 radical (unpaired) electrons. The van der Waals surface area contributed by atoms with Crippen LogP contribution in [0.3, 0.4) is 0 Å². The third kappa shape index (κ3) is 6.40. The zero-order valence-electron chi connectivity index (χ0n) is 18.3. The van der Waals surface area contributed by atoms with Gasteiger partial charge in [-0.2, -0.15) is 5.10 Å². The molecule has 0 bridgehead atoms. The van der Waals surface area contributed by atoms with Crippen LogP contribution in [0.25, 0.3) is 11.1 Å². The summed E-state index contributed by atoms with van der Waals surface area (Å²) in [5, 5.41) is 3.94. The van der Waals surface area contributed by atoms with Crippen molar-refractivity contribution in [1.29, 1.82) is 0 Å². The molecule has 4 aromatic rings. The highest BCUT2D eigenvalue weighted by molar-refractivity contribution is 5.91. The van der Waals surface area contributed by atoms with Crippen molar-refractivity contribution in [3.8, 4) is 22.6 Å². The zero-order valence-corrected chi connectivity index (χ0v) is 18.3. The minimum Gasteiger partial charge on any atom is -0.484 e. The highest BCUT2D eigenvalue weighted by Crippen LogP contribution is 2.22. The van der Waals surface area contributed by atoms with Gasteiger partial charge in [-0.1, -0.05) is 72.8 Å². The van der Waals surface area contributed by atoms with Gasteiger partial charge in [0.05, 0.1) is 11.8 Å². The Balaban J connectivity index is 1.25. The predicted molar refractivity (Wildman–Crippen MR) is 131 cm³/mol. The fraction of sp³-hybridized carbons (Fsp3) is 0.0357. The van der Waals surface area contributed by atoms with Gasteiger partial charge >= 0.3 is 5.97 Å². The number of esters is 1. The summed E-state index contributed by atoms with van der Waals surface area (Å²) in [5.41, 5.74) is 5.73. The fourth-order valence-electron chi connectivity index (χ4n) is 3.13. The molecule has 4 rings (SSSR count). The highest BCUT2D eigenvalue weighted by atomic mass is 16.5. The Morgan fingerprint density at radius 2 is 1.41 bits per heavy atom. The van der Waals surface area contributed by atoms with E-state index in [0.29, 0.717) is 22.6 Å². The monoisotopic (exact) mass is 450 g/mol. The van der Waals surface area contributed by atoms with E-state index in [1.807, 2.05) is 60.7 Å². The van der Waals surface area contributed by atoms with E-state index in [0.717, 1.165) is 11.1 Å². The molecule has 0 atom stereocenters. The number of hydrazone groups is 1. The number of amides is 1. The highest BCUT2D eigenvalue weighted by Gasteiger charge is 2.08. The molecule has 0 heterocycles. The topological polar surface area (TPSA) is 77.0 Å². The number of rotatable bonds is 8. The van der Waals surface area contributed by atoms with Crippen LogP contribution in [0.4, 0.5) is 0 Å². The van der Waals surface area contributed by atoms with E-state index in [1.54, 1.807) is 48.5 Å². The normalized spacial score (nSPS) is 10.6. The molecule has 0 saturated carbocycles. The number of nitrogens with zero attached hydrogens (tertiary/aromatic N) is 1. The predicted octanol–water partition coefficient (Wildman–Crippen LogP) is 5.10. The van der Waals surface area contributed by atoms with Gasteiger partial charge in [-0.15, -0.1) is 0 Å². The van der Waals surface area contributed by atoms with Crippen molar-refractivity contribution in [1.82, 2.24) is 5.43 Å². The van der Waals surface area contributed by atoms with Gasteiger partial charge in [-0.05, 0) is 53.1 Å². The van der Waals surface area contributed by atoms with Crippen molar-refractivity contribution in [3.05, 3.63) is 120 Å². The molecule has 0 aliphatic carbocycles. The van der Waals surface area contributed by atoms with Crippen LogP contribution in [-0.2, 0) is 4.79 Å². The standard InChI is InChI=1S/C28H22N2O4/c31-27(20-33-25-16-14-23(15-17-25)22-9-3-1-4-10-22)30-29-19-21-8-7-13-26(18-21)34-28(32)24-11-5-2-6-12-24/h1-19H,20H2,(H,30,31). The lowest BCUT2D eigenvalue weighted by molar-refractivity contribution is -0.123. The van der Waals surface area contributed by atoms with Crippen LogP contribution < -0.4 is 14.9 Å². The first-order valence-corrected chi connectivity index (χ1v) is 10.6. The van der Waals surface area contributed by atoms with Gasteiger partial charge < -0.3 is 9.47 Å². The number of hydrogen-bond donors (Lipinski definition) is 1. The molecule has 1 N–H and O–H groups in total. The molecule has 0 saturated heterocycles. The van der Waals surface area contributed by atoms with Gasteiger partial charge in [0.25, 0.3) is 5.91 Å². The molecular weight excluding hydrogens is 428 g/mol. The third-order valence-electron chi connectivity index (χ3n) is 4.81. The molecule has 0 unspecified atom stereocenters. The molecule has 0 spiro atoms. The number of hydrogen-bond acceptors (Lipinski definition) is 5. The maximum Gasteiger partial charge on any atom is 0.343 e. The molecule has 0 aliphatic heterocycles. The Hall–Kier alpha value is -4.71. The van der Waals surface area contributed by atoms with Crippen LogP contribution in [0, 0.1) is 0 Å². The maximum absolute atomic E-state index is 12.2. The van der Waals surface area contributed by atoms with Crippen LogP contribution in [0.2, 0.25) is 0 Å². The van der Waals surface area contributed by atoms with Gasteiger partial charge in [0.1, 0.15) is 11.5 Å². The van der Waals surface area contributed by atoms with Gasteiger partial charge in [0.15, 0.2) is 6.61 Å². The molecule has 0 aliphatic rings. The minimum atomic E-state index is -0.447. The van der Waals surface area contributed by atoms with E-state index in [-0.39, 0.29) is 6.61 Å². The molecule has 1 amide bonds. The lowest BCUT2D eigenvalue weighted by atomic mass is 10.1. The van der Waals surface area contributed by atoms with E-state index < -0.39 is 11.9 Å². The van der Waals surface area contributed by atoms with Crippen LogP contribution in [0.5, 0.6) is 11.5 Å². The van der Waals surface area contributed by atoms with E-state index in [4.69, 9.17) is 9.47 Å². The number of carbonyl (C=O) groups is 2. The van der Waals surface area contributed by atoms with Crippen molar-refractivity contribution in [2.24, 2.45) is 5.10 Å². The molecule has 0 fully saturated rings. The minimum absolute atomic E-state index is 0.170. The third-order valence-corrected chi connectivity index (χ3v) is 4.81. The van der Waals surface area contributed by atoms with Crippen molar-refractivity contribution in [2.75, 3.05) is 6.61 Å². The van der Waals surface area contributed by atoms with Crippen molar-refractivity contribution >= 4 is 18.1 Å². The second-order valence-corrected chi connectivity index (χ2v) is 7.30. The molecule has 6 nitrogen and oxygen atoms in total. The lowest BCUT2D eigenvalue weighted by Gasteiger charge is -2.07. The Kier molecular flexibility index (Phi) is 7.43. The van der Waals surface area contributed by atoms with Crippen LogP contribution in [0.1, 0.15) is 15.9 Å². The maximum atomic E-state index is 12.2. The van der Waals surface area contributed by atoms with Crippen molar-refractivity contribution in [3.63, 3.8) is 0 Å². The number of ether oxygens (including phenoxy) is 2. The molecule has 4 aromatic carbocycles. The van der Waals surface area contributed by atoms with E-state index in [1.165, 1.54) is 6.21 Å². The van der Waals surface area contributed by atoms with Crippen LogP contribution >= 0.6 is 0 Å². The van der Waals surface area contributed by atoms with Crippen molar-refractivity contribution in [2.45, 2.75) is 0 Å². The van der Waals surface area contributed by atoms with E-state index in [2.05, 4.69) is 10.5 Å².